The number of nitrogens with one attached hydrogen (secondary N) is 2. The van der Waals surface area contributed by atoms with Crippen molar-refractivity contribution in [2.75, 3.05) is 33.9 Å². The molecule has 1 heterocycles. The summed E-state index contributed by atoms with van der Waals surface area (Å²) in [6.07, 6.45) is 0.836. The predicted octanol–water partition coefficient (Wildman–Crippen LogP) is 3.92. The van der Waals surface area contributed by atoms with Crippen molar-refractivity contribution in [3.8, 4) is 17.2 Å². The number of methoxy groups -OCH3 is 2. The number of thiazole rings is 1. The fraction of sp³-hybridized carbons (Fsp3) is 0.500. The molecule has 0 radical (unpaired) electrons. The number of ether oxygens (including phenoxy) is 3. The molecule has 0 aliphatic rings. The lowest BCUT2D eigenvalue weighted by Crippen LogP contribution is -2.38. The Kier molecular flexibility index (Phi) is 11.7. The van der Waals surface area contributed by atoms with Crippen LogP contribution < -0.4 is 24.8 Å². The van der Waals surface area contributed by atoms with Gasteiger partial charge >= 0.3 is 0 Å². The molecule has 0 bridgehead atoms. The van der Waals surface area contributed by atoms with E-state index in [1.165, 1.54) is 4.88 Å². The highest BCUT2D eigenvalue weighted by molar-refractivity contribution is 14.0. The van der Waals surface area contributed by atoms with E-state index < -0.39 is 0 Å². The molecule has 2 aromatic rings. The molecule has 0 aliphatic heterocycles. The van der Waals surface area contributed by atoms with Crippen LogP contribution in [0.2, 0.25) is 0 Å². The van der Waals surface area contributed by atoms with Gasteiger partial charge in [-0.2, -0.15) is 0 Å². The lowest BCUT2D eigenvalue weighted by Gasteiger charge is -2.12. The fourth-order valence-electron chi connectivity index (χ4n) is 2.55. The van der Waals surface area contributed by atoms with Crippen molar-refractivity contribution in [3.63, 3.8) is 0 Å². The minimum atomic E-state index is 0. The highest BCUT2D eigenvalue weighted by atomic mass is 127. The van der Waals surface area contributed by atoms with Crippen molar-refractivity contribution in [2.45, 2.75) is 33.7 Å². The molecule has 1 aromatic heterocycles. The molecule has 29 heavy (non-hydrogen) atoms. The van der Waals surface area contributed by atoms with Gasteiger partial charge in [0.2, 0.25) is 0 Å². The average Bonchev–Trinajstić information content (AvgIpc) is 3.02. The second-order valence-electron chi connectivity index (χ2n) is 6.11. The number of rotatable bonds is 10. The van der Waals surface area contributed by atoms with Crippen molar-refractivity contribution < 1.29 is 14.2 Å². The Bertz CT molecular complexity index is 761. The first-order valence-electron chi connectivity index (χ1n) is 9.36. The van der Waals surface area contributed by atoms with Gasteiger partial charge in [0.05, 0.1) is 38.1 Å². The summed E-state index contributed by atoms with van der Waals surface area (Å²) in [7, 11) is 3.25. The van der Waals surface area contributed by atoms with Gasteiger partial charge in [0.1, 0.15) is 17.2 Å². The van der Waals surface area contributed by atoms with E-state index in [1.807, 2.05) is 32.0 Å². The van der Waals surface area contributed by atoms with Gasteiger partial charge in [-0.3, -0.25) is 0 Å². The third kappa shape index (κ3) is 8.65. The molecule has 9 heteroatoms. The molecule has 0 amide bonds. The van der Waals surface area contributed by atoms with E-state index in [0.717, 1.165) is 41.9 Å². The van der Waals surface area contributed by atoms with Gasteiger partial charge in [-0.25, -0.2) is 9.98 Å². The Labute approximate surface area is 194 Å². The number of halogens is 1. The maximum Gasteiger partial charge on any atom is 0.191 e. The van der Waals surface area contributed by atoms with Crippen LogP contribution in [-0.2, 0) is 6.54 Å². The molecule has 0 saturated heterocycles. The zero-order valence-corrected chi connectivity index (χ0v) is 20.9. The first kappa shape index (κ1) is 25.3. The molecule has 0 aliphatic carbocycles. The zero-order valence-electron chi connectivity index (χ0n) is 17.7. The topological polar surface area (TPSA) is 77.0 Å². The molecule has 2 N–H and O–H groups in total. The number of guanidine groups is 1. The number of aromatic nitrogens is 1. The lowest BCUT2D eigenvalue weighted by atomic mass is 10.3. The van der Waals surface area contributed by atoms with Gasteiger partial charge in [-0.05, 0) is 27.2 Å². The molecule has 0 fully saturated rings. The fourth-order valence-corrected chi connectivity index (χ4v) is 3.41. The largest absolute Gasteiger partial charge is 0.496 e. The molecule has 162 valence electrons. The first-order chi connectivity index (χ1) is 13.5. The van der Waals surface area contributed by atoms with Gasteiger partial charge < -0.3 is 24.8 Å². The zero-order chi connectivity index (χ0) is 20.4. The standard InChI is InChI=1S/C20H30N4O3S.HI/c1-6-21-20(23-13-19-14(2)24-15(3)28-19)22-8-7-9-27-18-11-16(25-4)10-17(12-18)26-5;/h10-12H,6-9,13H2,1-5H3,(H2,21,22,23);1H. The monoisotopic (exact) mass is 534 g/mol. The first-order valence-corrected chi connectivity index (χ1v) is 10.2. The van der Waals surface area contributed by atoms with Crippen LogP contribution in [0.1, 0.15) is 28.9 Å². The highest BCUT2D eigenvalue weighted by Gasteiger charge is 2.05. The maximum absolute atomic E-state index is 5.81. The van der Waals surface area contributed by atoms with Gasteiger partial charge in [0, 0.05) is 36.2 Å². The van der Waals surface area contributed by atoms with Gasteiger partial charge in [-0.15, -0.1) is 35.3 Å². The quantitative estimate of drug-likeness (QED) is 0.208. The molecular formula is C20H31IN4O3S. The van der Waals surface area contributed by atoms with Gasteiger partial charge in [0.15, 0.2) is 5.96 Å². The molecule has 7 nitrogen and oxygen atoms in total. The summed E-state index contributed by atoms with van der Waals surface area (Å²) < 4.78 is 16.3. The van der Waals surface area contributed by atoms with Crippen LogP contribution in [0, 0.1) is 13.8 Å². The van der Waals surface area contributed by atoms with E-state index in [0.29, 0.717) is 24.7 Å². The third-order valence-corrected chi connectivity index (χ3v) is 4.99. The van der Waals surface area contributed by atoms with Crippen LogP contribution in [0.4, 0.5) is 0 Å². The summed E-state index contributed by atoms with van der Waals surface area (Å²) in [5.41, 5.74) is 1.06. The Hall–Kier alpha value is -1.75. The second kappa shape index (κ2) is 13.5. The van der Waals surface area contributed by atoms with Crippen molar-refractivity contribution in [2.24, 2.45) is 4.99 Å². The number of nitrogens with zero attached hydrogens (tertiary/aromatic N) is 2. The maximum atomic E-state index is 5.81. The normalized spacial score (nSPS) is 10.9. The Morgan fingerprint density at radius 2 is 1.72 bits per heavy atom. The van der Waals surface area contributed by atoms with Crippen molar-refractivity contribution in [1.82, 2.24) is 15.6 Å². The minimum Gasteiger partial charge on any atom is -0.496 e. The Morgan fingerprint density at radius 3 is 2.28 bits per heavy atom. The summed E-state index contributed by atoms with van der Waals surface area (Å²) in [6.45, 7) is 8.88. The highest BCUT2D eigenvalue weighted by Crippen LogP contribution is 2.27. The minimum absolute atomic E-state index is 0. The summed E-state index contributed by atoms with van der Waals surface area (Å²) in [5.74, 6) is 2.95. The van der Waals surface area contributed by atoms with E-state index in [-0.39, 0.29) is 24.0 Å². The van der Waals surface area contributed by atoms with Crippen LogP contribution in [0.3, 0.4) is 0 Å². The molecule has 0 spiro atoms. The Balaban J connectivity index is 0.00000420. The SMILES string of the molecule is CCNC(=NCc1sc(C)nc1C)NCCCOc1cc(OC)cc(OC)c1.I. The molecule has 0 atom stereocenters. The van der Waals surface area contributed by atoms with Gasteiger partial charge in [0.25, 0.3) is 0 Å². The molecule has 1 aromatic carbocycles. The third-order valence-electron chi connectivity index (χ3n) is 3.93. The molecule has 0 unspecified atom stereocenters. The van der Waals surface area contributed by atoms with Crippen molar-refractivity contribution in [3.05, 3.63) is 33.8 Å². The van der Waals surface area contributed by atoms with Crippen molar-refractivity contribution >= 4 is 41.3 Å². The van der Waals surface area contributed by atoms with Crippen LogP contribution in [0.15, 0.2) is 23.2 Å². The van der Waals surface area contributed by atoms with E-state index in [4.69, 9.17) is 14.2 Å². The van der Waals surface area contributed by atoms with E-state index in [1.54, 1.807) is 25.6 Å². The molecule has 0 saturated carbocycles. The summed E-state index contributed by atoms with van der Waals surface area (Å²) in [4.78, 5) is 10.3. The van der Waals surface area contributed by atoms with E-state index >= 15 is 0 Å². The number of aliphatic imine (C=N–C) groups is 1. The molecule has 2 rings (SSSR count). The smallest absolute Gasteiger partial charge is 0.191 e. The Morgan fingerprint density at radius 1 is 1.07 bits per heavy atom. The summed E-state index contributed by atoms with van der Waals surface area (Å²) in [5, 5.41) is 7.69. The van der Waals surface area contributed by atoms with Crippen LogP contribution in [-0.4, -0.2) is 44.9 Å². The van der Waals surface area contributed by atoms with Crippen LogP contribution in [0.25, 0.3) is 0 Å². The van der Waals surface area contributed by atoms with Crippen LogP contribution >= 0.6 is 35.3 Å². The van der Waals surface area contributed by atoms with Gasteiger partial charge in [-0.1, -0.05) is 0 Å². The summed E-state index contributed by atoms with van der Waals surface area (Å²) >= 11 is 1.70. The summed E-state index contributed by atoms with van der Waals surface area (Å²) in [6, 6.07) is 5.52. The molecular weight excluding hydrogens is 503 g/mol. The number of hydrogen-bond acceptors (Lipinski definition) is 6. The van der Waals surface area contributed by atoms with E-state index in [9.17, 15) is 0 Å². The van der Waals surface area contributed by atoms with E-state index in [2.05, 4.69) is 27.5 Å². The van der Waals surface area contributed by atoms with Crippen LogP contribution in [0.5, 0.6) is 17.2 Å². The number of aryl methyl sites for hydroxylation is 2. The second-order valence-corrected chi connectivity index (χ2v) is 7.40. The average molecular weight is 534 g/mol. The lowest BCUT2D eigenvalue weighted by molar-refractivity contribution is 0.305. The number of hydrogen-bond donors (Lipinski definition) is 2. The van der Waals surface area contributed by atoms with Crippen molar-refractivity contribution in [1.29, 1.82) is 0 Å². The predicted molar refractivity (Wildman–Crippen MR) is 129 cm³/mol. The number of benzene rings is 1.